The first kappa shape index (κ1) is 6.84. The van der Waals surface area contributed by atoms with Crippen LogP contribution in [0, 0.1) is 0 Å². The second kappa shape index (κ2) is 2.65. The van der Waals surface area contributed by atoms with E-state index in [0.29, 0.717) is 0 Å². The average molecular weight is 161 g/mol. The van der Waals surface area contributed by atoms with Gasteiger partial charge in [-0.3, -0.25) is 0 Å². The molecule has 0 saturated heterocycles. The van der Waals surface area contributed by atoms with Gasteiger partial charge in [0.2, 0.25) is 0 Å². The molecular weight excluding hydrogens is 154 g/mol. The van der Waals surface area contributed by atoms with Gasteiger partial charge in [0.25, 0.3) is 0 Å². The molecule has 2 N–H and O–H groups in total. The average Bonchev–Trinajstić information content (AvgIpc) is 2.50. The summed E-state index contributed by atoms with van der Waals surface area (Å²) < 4.78 is 0. The third-order valence-corrected chi connectivity index (χ3v) is 1.68. The number of oxime groups is 1. The van der Waals surface area contributed by atoms with E-state index in [1.54, 1.807) is 12.4 Å². The molecule has 0 unspecified atom stereocenters. The Balaban J connectivity index is 2.70. The van der Waals surface area contributed by atoms with Crippen molar-refractivity contribution in [1.82, 2.24) is 9.97 Å². The Morgan fingerprint density at radius 1 is 1.58 bits per heavy atom. The van der Waals surface area contributed by atoms with Gasteiger partial charge in [-0.1, -0.05) is 5.16 Å². The van der Waals surface area contributed by atoms with E-state index in [9.17, 15) is 0 Å². The number of nitrogens with one attached hydrogen (secondary N) is 1. The highest BCUT2D eigenvalue weighted by atomic mass is 16.4. The van der Waals surface area contributed by atoms with Gasteiger partial charge in [0.1, 0.15) is 5.65 Å². The number of pyridine rings is 1. The van der Waals surface area contributed by atoms with E-state index in [1.807, 2.05) is 12.1 Å². The second-order valence-corrected chi connectivity index (χ2v) is 2.39. The van der Waals surface area contributed by atoms with Crippen LogP contribution in [0.3, 0.4) is 0 Å². The summed E-state index contributed by atoms with van der Waals surface area (Å²) in [6.07, 6.45) is 4.83. The van der Waals surface area contributed by atoms with Gasteiger partial charge in [-0.25, -0.2) is 4.98 Å². The van der Waals surface area contributed by atoms with Crippen LogP contribution in [0.2, 0.25) is 0 Å². The SMILES string of the molecule is O/N=C/c1c[nH]c2ncccc12. The Kier molecular flexibility index (Phi) is 1.51. The summed E-state index contributed by atoms with van der Waals surface area (Å²) in [6, 6.07) is 3.75. The largest absolute Gasteiger partial charge is 0.411 e. The lowest BCUT2D eigenvalue weighted by Crippen LogP contribution is -1.77. The first-order chi connectivity index (χ1) is 5.92. The minimum atomic E-state index is 0.799. The predicted molar refractivity (Wildman–Crippen MR) is 45.5 cm³/mol. The van der Waals surface area contributed by atoms with Crippen molar-refractivity contribution < 1.29 is 5.21 Å². The Bertz CT molecular complexity index is 419. The molecule has 0 radical (unpaired) electrons. The molecule has 0 aliphatic rings. The predicted octanol–water partition coefficient (Wildman–Crippen LogP) is 1.37. The first-order valence-electron chi connectivity index (χ1n) is 3.51. The van der Waals surface area contributed by atoms with Crippen LogP contribution in [0.25, 0.3) is 11.0 Å². The molecule has 0 aliphatic carbocycles. The molecule has 2 rings (SSSR count). The molecule has 2 aromatic heterocycles. The number of nitrogens with zero attached hydrogens (tertiary/aromatic N) is 2. The monoisotopic (exact) mass is 161 g/mol. The third kappa shape index (κ3) is 0.934. The van der Waals surface area contributed by atoms with Crippen LogP contribution in [0.4, 0.5) is 0 Å². The van der Waals surface area contributed by atoms with Crippen molar-refractivity contribution >= 4 is 17.2 Å². The lowest BCUT2D eigenvalue weighted by Gasteiger charge is -1.87. The fourth-order valence-electron chi connectivity index (χ4n) is 1.15. The molecule has 0 spiro atoms. The number of hydrogen-bond donors (Lipinski definition) is 2. The molecule has 0 aromatic carbocycles. The Labute approximate surface area is 68.6 Å². The highest BCUT2D eigenvalue weighted by Crippen LogP contribution is 2.12. The molecule has 4 heteroatoms. The minimum Gasteiger partial charge on any atom is -0.411 e. The summed E-state index contributed by atoms with van der Waals surface area (Å²) >= 11 is 0. The summed E-state index contributed by atoms with van der Waals surface area (Å²) in [5.74, 6) is 0. The zero-order valence-electron chi connectivity index (χ0n) is 6.23. The molecule has 0 bridgehead atoms. The quantitative estimate of drug-likeness (QED) is 0.377. The summed E-state index contributed by atoms with van der Waals surface area (Å²) in [6.45, 7) is 0. The van der Waals surface area contributed by atoms with Crippen molar-refractivity contribution in [2.24, 2.45) is 5.16 Å². The van der Waals surface area contributed by atoms with Crippen LogP contribution >= 0.6 is 0 Å². The highest BCUT2D eigenvalue weighted by Gasteiger charge is 1.99. The molecule has 0 aliphatic heterocycles. The van der Waals surface area contributed by atoms with Gasteiger partial charge in [-0.05, 0) is 12.1 Å². The molecule has 0 fully saturated rings. The molecule has 0 saturated carbocycles. The van der Waals surface area contributed by atoms with Crippen LogP contribution in [-0.4, -0.2) is 21.4 Å². The molecule has 0 atom stereocenters. The zero-order valence-corrected chi connectivity index (χ0v) is 6.23. The van der Waals surface area contributed by atoms with E-state index >= 15 is 0 Å². The van der Waals surface area contributed by atoms with Gasteiger partial charge >= 0.3 is 0 Å². The Morgan fingerprint density at radius 3 is 3.33 bits per heavy atom. The number of fused-ring (bicyclic) bond motifs is 1. The van der Waals surface area contributed by atoms with Crippen molar-refractivity contribution in [2.45, 2.75) is 0 Å². The van der Waals surface area contributed by atoms with Crippen LogP contribution < -0.4 is 0 Å². The molecule has 2 aromatic rings. The molecule has 0 amide bonds. The Morgan fingerprint density at radius 2 is 2.50 bits per heavy atom. The lowest BCUT2D eigenvalue weighted by molar-refractivity contribution is 0.322. The van der Waals surface area contributed by atoms with Crippen molar-refractivity contribution in [2.75, 3.05) is 0 Å². The molecule has 4 nitrogen and oxygen atoms in total. The lowest BCUT2D eigenvalue weighted by atomic mass is 10.2. The van der Waals surface area contributed by atoms with Crippen LogP contribution in [0.5, 0.6) is 0 Å². The van der Waals surface area contributed by atoms with E-state index in [0.717, 1.165) is 16.6 Å². The Hall–Kier alpha value is -1.84. The maximum absolute atomic E-state index is 8.33. The molecule has 60 valence electrons. The number of aromatic nitrogens is 2. The van der Waals surface area contributed by atoms with Crippen molar-refractivity contribution in [3.63, 3.8) is 0 Å². The van der Waals surface area contributed by atoms with Crippen molar-refractivity contribution in [3.05, 3.63) is 30.1 Å². The summed E-state index contributed by atoms with van der Waals surface area (Å²) in [5, 5.41) is 12.2. The van der Waals surface area contributed by atoms with Crippen molar-refractivity contribution in [3.8, 4) is 0 Å². The molecule has 12 heavy (non-hydrogen) atoms. The smallest absolute Gasteiger partial charge is 0.137 e. The van der Waals surface area contributed by atoms with E-state index in [4.69, 9.17) is 5.21 Å². The summed E-state index contributed by atoms with van der Waals surface area (Å²) in [7, 11) is 0. The van der Waals surface area contributed by atoms with E-state index in [-0.39, 0.29) is 0 Å². The van der Waals surface area contributed by atoms with E-state index in [2.05, 4.69) is 15.1 Å². The van der Waals surface area contributed by atoms with Crippen LogP contribution in [0.1, 0.15) is 5.56 Å². The summed E-state index contributed by atoms with van der Waals surface area (Å²) in [5.41, 5.74) is 1.63. The first-order valence-corrected chi connectivity index (χ1v) is 3.51. The van der Waals surface area contributed by atoms with Crippen LogP contribution in [0.15, 0.2) is 29.7 Å². The summed E-state index contributed by atoms with van der Waals surface area (Å²) in [4.78, 5) is 7.04. The molecule has 2 heterocycles. The maximum Gasteiger partial charge on any atom is 0.137 e. The number of H-pyrrole nitrogens is 1. The standard InChI is InChI=1S/C8H7N3O/c12-11-5-6-4-10-8-7(6)2-1-3-9-8/h1-5,12H,(H,9,10)/b11-5+. The third-order valence-electron chi connectivity index (χ3n) is 1.68. The number of hydrogen-bond acceptors (Lipinski definition) is 3. The number of aromatic amines is 1. The normalized spacial score (nSPS) is 11.3. The second-order valence-electron chi connectivity index (χ2n) is 2.39. The van der Waals surface area contributed by atoms with Gasteiger partial charge < -0.3 is 10.2 Å². The fourth-order valence-corrected chi connectivity index (χ4v) is 1.15. The van der Waals surface area contributed by atoms with Gasteiger partial charge in [0, 0.05) is 23.3 Å². The van der Waals surface area contributed by atoms with Gasteiger partial charge in [-0.2, -0.15) is 0 Å². The van der Waals surface area contributed by atoms with Crippen molar-refractivity contribution in [1.29, 1.82) is 0 Å². The van der Waals surface area contributed by atoms with E-state index < -0.39 is 0 Å². The fraction of sp³-hybridized carbons (Fsp3) is 0. The highest BCUT2D eigenvalue weighted by molar-refractivity contribution is 5.97. The zero-order chi connectivity index (χ0) is 8.39. The van der Waals surface area contributed by atoms with Gasteiger partial charge in [0.05, 0.1) is 6.21 Å². The topological polar surface area (TPSA) is 61.3 Å². The minimum absolute atomic E-state index is 0.799. The number of rotatable bonds is 1. The van der Waals surface area contributed by atoms with E-state index in [1.165, 1.54) is 6.21 Å². The van der Waals surface area contributed by atoms with Gasteiger partial charge in [0.15, 0.2) is 0 Å². The van der Waals surface area contributed by atoms with Gasteiger partial charge in [-0.15, -0.1) is 0 Å². The maximum atomic E-state index is 8.33. The molecular formula is C8H7N3O. The van der Waals surface area contributed by atoms with Crippen LogP contribution in [-0.2, 0) is 0 Å².